The molecular weight excluding hydrogens is 651 g/mol. The number of nitrogens with one attached hydrogen (secondary N) is 1. The average Bonchev–Trinajstić information content (AvgIpc) is 4.02. The topological polar surface area (TPSA) is 104 Å². The van der Waals surface area contributed by atoms with Gasteiger partial charge in [0.15, 0.2) is 0 Å². The number of benzene rings is 2. The van der Waals surface area contributed by atoms with Crippen molar-refractivity contribution >= 4 is 32.9 Å². The minimum absolute atomic E-state index is 0.0770. The molecule has 2 amide bonds. The Morgan fingerprint density at radius 1 is 0.960 bits per heavy atom. The van der Waals surface area contributed by atoms with Gasteiger partial charge in [0.05, 0.1) is 18.2 Å². The van der Waals surface area contributed by atoms with Crippen LogP contribution in [-0.2, 0) is 21.5 Å². The zero-order valence-electron chi connectivity index (χ0n) is 29.5. The molecule has 11 heteroatoms. The molecule has 9 rings (SSSR count). The van der Waals surface area contributed by atoms with Crippen LogP contribution in [0, 0.1) is 11.3 Å². The van der Waals surface area contributed by atoms with Crippen molar-refractivity contribution in [1.29, 1.82) is 0 Å². The number of hydrogen-bond donors (Lipinski definition) is 1. The van der Waals surface area contributed by atoms with Crippen LogP contribution in [0.3, 0.4) is 0 Å². The van der Waals surface area contributed by atoms with E-state index < -0.39 is 21.5 Å². The van der Waals surface area contributed by atoms with Gasteiger partial charge in [-0.1, -0.05) is 25.3 Å². The van der Waals surface area contributed by atoms with E-state index in [9.17, 15) is 13.2 Å². The Bertz CT molecular complexity index is 1980. The fourth-order valence-corrected chi connectivity index (χ4v) is 10.6. The summed E-state index contributed by atoms with van der Waals surface area (Å²) in [6.07, 6.45) is 11.6. The van der Waals surface area contributed by atoms with Gasteiger partial charge in [-0.05, 0) is 98.2 Å². The first-order valence-corrected chi connectivity index (χ1v) is 20.2. The summed E-state index contributed by atoms with van der Waals surface area (Å²) in [5.41, 5.74) is 5.37. The zero-order chi connectivity index (χ0) is 34.5. The number of nitrogens with zero attached hydrogens (tertiary/aromatic N) is 4. The van der Waals surface area contributed by atoms with E-state index in [1.165, 1.54) is 76.7 Å². The minimum Gasteiger partial charge on any atom is -0.497 e. The van der Waals surface area contributed by atoms with Gasteiger partial charge in [0.2, 0.25) is 5.91 Å². The van der Waals surface area contributed by atoms with E-state index in [4.69, 9.17) is 4.74 Å². The predicted octanol–water partition coefficient (Wildman–Crippen LogP) is 5.47. The highest BCUT2D eigenvalue weighted by Gasteiger charge is 2.64. The predicted molar refractivity (Wildman–Crippen MR) is 192 cm³/mol. The maximum absolute atomic E-state index is 15.1. The lowest BCUT2D eigenvalue weighted by molar-refractivity contribution is -0.141. The Labute approximate surface area is 295 Å². The van der Waals surface area contributed by atoms with Gasteiger partial charge in [-0.15, -0.1) is 0 Å². The molecule has 1 aromatic heterocycles. The molecule has 2 aromatic carbocycles. The number of likely N-dealkylation sites (tertiary alicyclic amines) is 1. The number of piperazine rings is 1. The van der Waals surface area contributed by atoms with Crippen LogP contribution in [0.25, 0.3) is 22.2 Å². The van der Waals surface area contributed by atoms with Gasteiger partial charge in [0, 0.05) is 80.3 Å². The van der Waals surface area contributed by atoms with Crippen molar-refractivity contribution in [2.45, 2.75) is 94.7 Å². The first-order valence-electron chi connectivity index (χ1n) is 18.7. The van der Waals surface area contributed by atoms with E-state index in [2.05, 4.69) is 31.2 Å². The molecule has 50 heavy (non-hydrogen) atoms. The molecule has 3 aromatic rings. The number of rotatable bonds is 8. The lowest BCUT2D eigenvalue weighted by atomic mass is 9.81. The molecule has 3 aliphatic carbocycles. The molecule has 4 atom stereocenters. The number of methoxy groups -OCH3 is 1. The van der Waals surface area contributed by atoms with Crippen LogP contribution in [0.1, 0.15) is 97.5 Å². The third kappa shape index (κ3) is 5.20. The summed E-state index contributed by atoms with van der Waals surface area (Å²) >= 11 is 0. The van der Waals surface area contributed by atoms with Gasteiger partial charge in [-0.3, -0.25) is 14.5 Å². The first kappa shape index (κ1) is 32.5. The quantitative estimate of drug-likeness (QED) is 0.335. The lowest BCUT2D eigenvalue weighted by Gasteiger charge is -2.42. The number of hydrogen-bond acceptors (Lipinski definition) is 6. The molecule has 3 saturated carbocycles. The van der Waals surface area contributed by atoms with Gasteiger partial charge in [-0.25, -0.2) is 4.72 Å². The Morgan fingerprint density at radius 3 is 2.38 bits per heavy atom. The fraction of sp³-hybridized carbons (Fsp3) is 0.590. The number of carbonyl (C=O) groups excluding carboxylic acids is 2. The SMILES string of the molecule is COc1ccc2c(c1)C1CC1(C(=O)N1CC3CCC(C1)N3CC1CC1)Cn1c-2c(C2CCCCC2)c2ccc(C(=O)NS(=O)(=O)N(C)C)cc21. The van der Waals surface area contributed by atoms with Crippen molar-refractivity contribution in [1.82, 2.24) is 23.4 Å². The Morgan fingerprint density at radius 2 is 1.70 bits per heavy atom. The zero-order valence-corrected chi connectivity index (χ0v) is 30.3. The molecule has 1 N–H and O–H groups in total. The van der Waals surface area contributed by atoms with E-state index >= 15 is 4.79 Å². The summed E-state index contributed by atoms with van der Waals surface area (Å²) in [5.74, 6) is 1.68. The van der Waals surface area contributed by atoms with Gasteiger partial charge >= 0.3 is 10.2 Å². The second-order valence-electron chi connectivity index (χ2n) is 16.2. The molecule has 3 aliphatic heterocycles. The second-order valence-corrected chi connectivity index (χ2v) is 18.1. The Hall–Kier alpha value is -3.41. The van der Waals surface area contributed by atoms with E-state index in [-0.39, 0.29) is 17.4 Å². The van der Waals surface area contributed by atoms with E-state index in [1.54, 1.807) is 13.2 Å². The summed E-state index contributed by atoms with van der Waals surface area (Å²) < 4.78 is 36.6. The number of fused-ring (bicyclic) bond motifs is 9. The largest absolute Gasteiger partial charge is 0.497 e. The number of carbonyl (C=O) groups is 2. The molecule has 6 aliphatic rings. The molecule has 0 spiro atoms. The van der Waals surface area contributed by atoms with Crippen molar-refractivity contribution < 1.29 is 22.7 Å². The van der Waals surface area contributed by atoms with Crippen LogP contribution in [-0.4, -0.2) is 91.8 Å². The van der Waals surface area contributed by atoms with Crippen molar-refractivity contribution in [3.8, 4) is 17.0 Å². The summed E-state index contributed by atoms with van der Waals surface area (Å²) in [6, 6.07) is 12.9. The van der Waals surface area contributed by atoms with E-state index in [0.717, 1.165) is 70.5 Å². The molecule has 2 bridgehead atoms. The van der Waals surface area contributed by atoms with E-state index in [1.807, 2.05) is 18.2 Å². The number of aromatic nitrogens is 1. The Kier molecular flexibility index (Phi) is 7.68. The normalized spacial score (nSPS) is 27.8. The molecule has 5 fully saturated rings. The highest BCUT2D eigenvalue weighted by atomic mass is 32.2. The summed E-state index contributed by atoms with van der Waals surface area (Å²) in [4.78, 5) is 33.4. The van der Waals surface area contributed by atoms with Crippen LogP contribution in [0.15, 0.2) is 36.4 Å². The van der Waals surface area contributed by atoms with Crippen molar-refractivity contribution in [3.05, 3.63) is 53.1 Å². The summed E-state index contributed by atoms with van der Waals surface area (Å²) in [6.45, 7) is 3.33. The molecule has 4 unspecified atom stereocenters. The second kappa shape index (κ2) is 11.8. The van der Waals surface area contributed by atoms with Crippen LogP contribution in [0.5, 0.6) is 5.75 Å². The minimum atomic E-state index is -3.97. The van der Waals surface area contributed by atoms with Gasteiger partial charge in [0.1, 0.15) is 5.75 Å². The first-order chi connectivity index (χ1) is 24.1. The molecule has 266 valence electrons. The van der Waals surface area contributed by atoms with Gasteiger partial charge < -0.3 is 14.2 Å². The number of amides is 2. The molecule has 4 heterocycles. The number of ether oxygens (including phenoxy) is 1. The Balaban J connectivity index is 1.17. The van der Waals surface area contributed by atoms with Crippen molar-refractivity contribution in [3.63, 3.8) is 0 Å². The van der Waals surface area contributed by atoms with E-state index in [0.29, 0.717) is 24.5 Å². The van der Waals surface area contributed by atoms with Crippen LogP contribution >= 0.6 is 0 Å². The fourth-order valence-electron chi connectivity index (χ4n) is 10.1. The highest BCUT2D eigenvalue weighted by molar-refractivity contribution is 7.87. The summed E-state index contributed by atoms with van der Waals surface area (Å²) in [7, 11) is 0.533. The van der Waals surface area contributed by atoms with Crippen molar-refractivity contribution in [2.24, 2.45) is 11.3 Å². The third-order valence-electron chi connectivity index (χ3n) is 13.0. The third-order valence-corrected chi connectivity index (χ3v) is 14.4. The molecular formula is C39H49N5O5S. The van der Waals surface area contributed by atoms with Crippen LogP contribution < -0.4 is 9.46 Å². The van der Waals surface area contributed by atoms with Crippen LogP contribution in [0.4, 0.5) is 0 Å². The molecule has 2 saturated heterocycles. The van der Waals surface area contributed by atoms with Gasteiger partial charge in [-0.2, -0.15) is 12.7 Å². The van der Waals surface area contributed by atoms with Crippen LogP contribution in [0.2, 0.25) is 0 Å². The monoisotopic (exact) mass is 699 g/mol. The lowest BCUT2D eigenvalue weighted by Crippen LogP contribution is -2.57. The standard InChI is InChI=1S/C39H49N5O5S/c1-41(2)50(47,48)40-37(45)26-11-15-31-34(17-26)44-23-39(38(46)42-21-27-12-13-28(22-42)43(27)20-24-9-10-24)19-33(39)32-18-29(49-3)14-16-30(32)36(44)35(31)25-7-5-4-6-8-25/h11,14-18,24-25,27-28,33H,4-10,12-13,19-23H2,1-3H3,(H,40,45). The highest BCUT2D eigenvalue weighted by Crippen LogP contribution is 2.66. The smallest absolute Gasteiger partial charge is 0.303 e. The van der Waals surface area contributed by atoms with Crippen molar-refractivity contribution in [2.75, 3.05) is 40.8 Å². The average molecular weight is 700 g/mol. The summed E-state index contributed by atoms with van der Waals surface area (Å²) in [5, 5.41) is 1.09. The molecule has 10 nitrogen and oxygen atoms in total. The molecule has 0 radical (unpaired) electrons. The van der Waals surface area contributed by atoms with Gasteiger partial charge in [0.25, 0.3) is 5.91 Å². The maximum atomic E-state index is 15.1. The maximum Gasteiger partial charge on any atom is 0.303 e.